The highest BCUT2D eigenvalue weighted by Crippen LogP contribution is 2.40. The fourth-order valence-corrected chi connectivity index (χ4v) is 5.60. The monoisotopic (exact) mass is 556 g/mol. The van der Waals surface area contributed by atoms with Crippen LogP contribution in [0.5, 0.6) is 0 Å². The number of aliphatic hydroxyl groups is 1. The summed E-state index contributed by atoms with van der Waals surface area (Å²) in [6.07, 6.45) is 5.42. The van der Waals surface area contributed by atoms with E-state index in [2.05, 4.69) is 25.4 Å². The Morgan fingerprint density at radius 1 is 1.02 bits per heavy atom. The van der Waals surface area contributed by atoms with Gasteiger partial charge in [0, 0.05) is 53.9 Å². The predicted octanol–water partition coefficient (Wildman–Crippen LogP) is 5.43. The number of hydrogen-bond donors (Lipinski definition) is 3. The number of pyridine rings is 1. The Morgan fingerprint density at radius 2 is 1.86 bits per heavy atom. The topological polar surface area (TPSA) is 125 Å². The highest BCUT2D eigenvalue weighted by Gasteiger charge is 2.32. The fraction of sp³-hybridized carbons (Fsp3) is 0.156. The number of H-pyrrole nitrogens is 1. The summed E-state index contributed by atoms with van der Waals surface area (Å²) in [7, 11) is 1.89. The van der Waals surface area contributed by atoms with E-state index in [0.29, 0.717) is 29.6 Å². The van der Waals surface area contributed by atoms with Gasteiger partial charge in [-0.05, 0) is 60.4 Å². The van der Waals surface area contributed by atoms with Crippen molar-refractivity contribution in [2.75, 3.05) is 10.2 Å². The lowest BCUT2D eigenvalue weighted by molar-refractivity contribution is 0.0997. The number of aliphatic hydroxyl groups excluding tert-OH is 1. The Kier molecular flexibility index (Phi) is 6.05. The molecule has 10 heteroatoms. The summed E-state index contributed by atoms with van der Waals surface area (Å²) < 4.78 is 1.79. The normalized spacial score (nSPS) is 12.8. The van der Waals surface area contributed by atoms with Gasteiger partial charge in [0.1, 0.15) is 0 Å². The summed E-state index contributed by atoms with van der Waals surface area (Å²) in [5.41, 5.74) is 9.41. The third kappa shape index (κ3) is 4.20. The van der Waals surface area contributed by atoms with Crippen LogP contribution in [-0.4, -0.2) is 40.7 Å². The summed E-state index contributed by atoms with van der Waals surface area (Å²) in [6.45, 7) is 4.26. The van der Waals surface area contributed by atoms with Gasteiger partial charge in [-0.15, -0.1) is 0 Å². The van der Waals surface area contributed by atoms with E-state index in [0.717, 1.165) is 55.8 Å². The molecule has 0 radical (unpaired) electrons. The average molecular weight is 557 g/mol. The maximum absolute atomic E-state index is 13.7. The Hall–Kier alpha value is -5.35. The van der Waals surface area contributed by atoms with Crippen LogP contribution in [0.2, 0.25) is 0 Å². The second-order valence-corrected chi connectivity index (χ2v) is 10.5. The molecule has 5 heterocycles. The van der Waals surface area contributed by atoms with E-state index >= 15 is 0 Å². The summed E-state index contributed by atoms with van der Waals surface area (Å²) in [4.78, 5) is 32.5. The van der Waals surface area contributed by atoms with Crippen LogP contribution in [0.1, 0.15) is 32.9 Å². The van der Waals surface area contributed by atoms with E-state index in [-0.39, 0.29) is 12.5 Å². The minimum Gasteiger partial charge on any atom is -0.390 e. The number of nitrogens with one attached hydrogen (secondary N) is 2. The third-order valence-electron chi connectivity index (χ3n) is 7.82. The fourth-order valence-electron chi connectivity index (χ4n) is 5.60. The zero-order chi connectivity index (χ0) is 29.0. The number of para-hydroxylation sites is 1. The first-order chi connectivity index (χ1) is 20.4. The second-order valence-electron chi connectivity index (χ2n) is 10.5. The van der Waals surface area contributed by atoms with E-state index in [1.54, 1.807) is 17.1 Å². The molecule has 2 aromatic carbocycles. The van der Waals surface area contributed by atoms with Gasteiger partial charge in [0.15, 0.2) is 5.82 Å². The molecule has 10 nitrogen and oxygen atoms in total. The average Bonchev–Trinajstić information content (AvgIpc) is 3.68. The van der Waals surface area contributed by atoms with Crippen molar-refractivity contribution in [1.29, 1.82) is 0 Å². The number of aromatic amines is 1. The molecule has 0 bridgehead atoms. The van der Waals surface area contributed by atoms with Crippen LogP contribution in [0.25, 0.3) is 33.3 Å². The lowest BCUT2D eigenvalue weighted by Gasteiger charge is -2.17. The number of rotatable bonds is 6. The molecule has 1 aliphatic heterocycles. The number of fused-ring (bicyclic) bond motifs is 2. The van der Waals surface area contributed by atoms with Crippen LogP contribution in [-0.2, 0) is 20.2 Å². The van der Waals surface area contributed by atoms with Crippen molar-refractivity contribution in [3.8, 4) is 22.4 Å². The van der Waals surface area contributed by atoms with E-state index in [9.17, 15) is 9.90 Å². The maximum Gasteiger partial charge on any atom is 0.259 e. The number of anilines is 3. The van der Waals surface area contributed by atoms with E-state index < -0.39 is 0 Å². The number of nitrogens with zero attached hydrogens (tertiary/aromatic N) is 6. The number of benzene rings is 2. The molecule has 1 aliphatic rings. The number of carbonyl (C=O) groups is 1. The molecule has 0 aliphatic carbocycles. The van der Waals surface area contributed by atoms with Crippen molar-refractivity contribution < 1.29 is 9.90 Å². The van der Waals surface area contributed by atoms with Gasteiger partial charge in [-0.25, -0.2) is 9.97 Å². The minimum absolute atomic E-state index is 0.0534. The standard InChI is InChI=1S/C32H28N8O2/c1-18-14-35-32(36-28-12-19(2)39(3)38-28)37-29(18)25-15-34-30-23(25)7-5-9-27(30)40-16-26-22(6-4-8-24(26)31(40)42)20-10-11-33-21(13-20)17-41/h4-15,34,41H,16-17H2,1-3H3,(H,35,36,37,38). The Labute approximate surface area is 241 Å². The summed E-state index contributed by atoms with van der Waals surface area (Å²) in [5.74, 6) is 1.08. The van der Waals surface area contributed by atoms with Crippen LogP contribution in [0.4, 0.5) is 17.5 Å². The first-order valence-corrected chi connectivity index (χ1v) is 13.6. The number of amides is 1. The van der Waals surface area contributed by atoms with Gasteiger partial charge in [-0.2, -0.15) is 5.10 Å². The van der Waals surface area contributed by atoms with Crippen LogP contribution in [0, 0.1) is 13.8 Å². The number of aromatic nitrogens is 6. The molecule has 7 rings (SSSR count). The lowest BCUT2D eigenvalue weighted by atomic mass is 9.97. The molecule has 3 N–H and O–H groups in total. The van der Waals surface area contributed by atoms with Gasteiger partial charge in [0.25, 0.3) is 5.91 Å². The van der Waals surface area contributed by atoms with E-state index in [1.165, 1.54) is 0 Å². The number of aryl methyl sites for hydroxylation is 3. The summed E-state index contributed by atoms with van der Waals surface area (Å²) >= 11 is 0. The minimum atomic E-state index is -0.142. The van der Waals surface area contributed by atoms with Crippen molar-refractivity contribution in [3.05, 3.63) is 101 Å². The first kappa shape index (κ1) is 25.6. The maximum atomic E-state index is 13.7. The molecule has 0 atom stereocenters. The van der Waals surface area contributed by atoms with Crippen molar-refractivity contribution in [2.45, 2.75) is 27.0 Å². The number of hydrogen-bond acceptors (Lipinski definition) is 7. The summed E-state index contributed by atoms with van der Waals surface area (Å²) in [6, 6.07) is 17.5. The molecule has 0 saturated heterocycles. The second kappa shape index (κ2) is 9.93. The van der Waals surface area contributed by atoms with E-state index in [4.69, 9.17) is 4.98 Å². The molecule has 6 aromatic rings. The van der Waals surface area contributed by atoms with Gasteiger partial charge < -0.3 is 20.3 Å². The smallest absolute Gasteiger partial charge is 0.259 e. The molecule has 0 spiro atoms. The van der Waals surface area contributed by atoms with Gasteiger partial charge >= 0.3 is 0 Å². The molecular weight excluding hydrogens is 528 g/mol. The zero-order valence-electron chi connectivity index (χ0n) is 23.4. The molecule has 1 amide bonds. The summed E-state index contributed by atoms with van der Waals surface area (Å²) in [5, 5.41) is 18.2. The molecule has 0 fully saturated rings. The Bertz CT molecular complexity index is 1990. The quantitative estimate of drug-likeness (QED) is 0.250. The largest absolute Gasteiger partial charge is 0.390 e. The molecule has 42 heavy (non-hydrogen) atoms. The van der Waals surface area contributed by atoms with Crippen molar-refractivity contribution in [1.82, 2.24) is 29.7 Å². The third-order valence-corrected chi connectivity index (χ3v) is 7.82. The molecular formula is C32H28N8O2. The van der Waals surface area contributed by atoms with Crippen molar-refractivity contribution >= 4 is 34.3 Å². The zero-order valence-corrected chi connectivity index (χ0v) is 23.4. The van der Waals surface area contributed by atoms with Gasteiger partial charge in [-0.1, -0.05) is 24.3 Å². The van der Waals surface area contributed by atoms with Gasteiger partial charge in [0.2, 0.25) is 5.95 Å². The number of carbonyl (C=O) groups excluding carboxylic acids is 1. The highest BCUT2D eigenvalue weighted by atomic mass is 16.3. The molecule has 0 saturated carbocycles. The van der Waals surface area contributed by atoms with Crippen LogP contribution >= 0.6 is 0 Å². The molecule has 0 unspecified atom stereocenters. The van der Waals surface area contributed by atoms with Crippen molar-refractivity contribution in [3.63, 3.8) is 0 Å². The van der Waals surface area contributed by atoms with Crippen LogP contribution in [0.15, 0.2) is 73.2 Å². The van der Waals surface area contributed by atoms with Crippen LogP contribution in [0.3, 0.4) is 0 Å². The predicted molar refractivity (Wildman–Crippen MR) is 161 cm³/mol. The van der Waals surface area contributed by atoms with Crippen LogP contribution < -0.4 is 10.2 Å². The molecule has 4 aromatic heterocycles. The first-order valence-electron chi connectivity index (χ1n) is 13.6. The Morgan fingerprint density at radius 3 is 2.67 bits per heavy atom. The Balaban J connectivity index is 1.26. The molecule has 208 valence electrons. The lowest BCUT2D eigenvalue weighted by Crippen LogP contribution is -2.23. The SMILES string of the molecule is Cc1cnc(Nc2cc(C)n(C)n2)nc1-c1c[nH]c2c(N3Cc4c(cccc4-c4ccnc(CO)c4)C3=O)cccc12. The highest BCUT2D eigenvalue weighted by molar-refractivity contribution is 6.15. The van der Waals surface area contributed by atoms with Gasteiger partial charge in [-0.3, -0.25) is 14.5 Å². The van der Waals surface area contributed by atoms with Gasteiger partial charge in [0.05, 0.1) is 35.7 Å². The van der Waals surface area contributed by atoms with E-state index in [1.807, 2.05) is 86.6 Å². The van der Waals surface area contributed by atoms with Crippen molar-refractivity contribution in [2.24, 2.45) is 7.05 Å².